The first kappa shape index (κ1) is 18.7. The summed E-state index contributed by atoms with van der Waals surface area (Å²) in [7, 11) is 3.38. The van der Waals surface area contributed by atoms with Gasteiger partial charge in [0, 0.05) is 12.6 Å². The van der Waals surface area contributed by atoms with E-state index in [1.54, 1.807) is 0 Å². The van der Waals surface area contributed by atoms with Crippen molar-refractivity contribution in [3.8, 4) is 11.5 Å². The molecule has 0 saturated carbocycles. The van der Waals surface area contributed by atoms with E-state index in [1.165, 1.54) is 7.05 Å². The minimum atomic E-state index is -0.552. The first-order valence-corrected chi connectivity index (χ1v) is 8.86. The third-order valence-electron chi connectivity index (χ3n) is 4.47. The summed E-state index contributed by atoms with van der Waals surface area (Å²) in [6.07, 6.45) is -0.195. The van der Waals surface area contributed by atoms with Crippen molar-refractivity contribution >= 4 is 11.9 Å². The van der Waals surface area contributed by atoms with Crippen molar-refractivity contribution in [2.75, 3.05) is 27.2 Å². The smallest absolute Gasteiger partial charge is 0.321 e. The van der Waals surface area contributed by atoms with E-state index in [4.69, 9.17) is 9.47 Å². The molecule has 2 aromatic rings. The van der Waals surface area contributed by atoms with E-state index in [0.717, 1.165) is 16.2 Å². The van der Waals surface area contributed by atoms with Crippen LogP contribution in [0.2, 0.25) is 0 Å². The van der Waals surface area contributed by atoms with Gasteiger partial charge >= 0.3 is 6.03 Å². The van der Waals surface area contributed by atoms with Crippen LogP contribution >= 0.6 is 0 Å². The summed E-state index contributed by atoms with van der Waals surface area (Å²) in [5.74, 6) is 1.06. The van der Waals surface area contributed by atoms with Crippen molar-refractivity contribution in [3.05, 3.63) is 60.2 Å². The average Bonchev–Trinajstić information content (AvgIpc) is 2.68. The first-order valence-electron chi connectivity index (χ1n) is 8.86. The maximum atomic E-state index is 12.7. The number of imide groups is 1. The number of urea groups is 1. The lowest BCUT2D eigenvalue weighted by Crippen LogP contribution is -3.12. The van der Waals surface area contributed by atoms with Crippen LogP contribution in [0.25, 0.3) is 0 Å². The van der Waals surface area contributed by atoms with Crippen LogP contribution in [0.1, 0.15) is 11.6 Å². The number of quaternary nitrogens is 1. The summed E-state index contributed by atoms with van der Waals surface area (Å²) >= 11 is 0. The lowest BCUT2D eigenvalue weighted by molar-refractivity contribution is -0.905. The highest BCUT2D eigenvalue weighted by Gasteiger charge is 2.33. The monoisotopic (exact) mass is 370 g/mol. The highest BCUT2D eigenvalue weighted by molar-refractivity contribution is 5.96. The molecule has 2 aromatic carbocycles. The zero-order valence-electron chi connectivity index (χ0n) is 15.4. The van der Waals surface area contributed by atoms with Crippen molar-refractivity contribution in [2.24, 2.45) is 0 Å². The molecule has 0 spiro atoms. The van der Waals surface area contributed by atoms with E-state index in [0.29, 0.717) is 18.9 Å². The average molecular weight is 370 g/mol. The number of ether oxygens (including phenoxy) is 2. The van der Waals surface area contributed by atoms with Gasteiger partial charge in [0.1, 0.15) is 13.2 Å². The minimum absolute atomic E-state index is 0.195. The second-order valence-corrected chi connectivity index (χ2v) is 6.46. The molecule has 1 aliphatic rings. The molecule has 142 valence electrons. The van der Waals surface area contributed by atoms with Gasteiger partial charge in [0.05, 0.1) is 7.05 Å². The number of hydrogen-bond donors (Lipinski definition) is 3. The van der Waals surface area contributed by atoms with Gasteiger partial charge in [0.25, 0.3) is 5.91 Å². The predicted octanol–water partition coefficient (Wildman–Crippen LogP) is 0.538. The Kier molecular flexibility index (Phi) is 5.93. The number of para-hydroxylation sites is 2. The fourth-order valence-corrected chi connectivity index (χ4v) is 3.19. The van der Waals surface area contributed by atoms with Gasteiger partial charge in [-0.15, -0.1) is 0 Å². The molecule has 1 aliphatic heterocycles. The van der Waals surface area contributed by atoms with E-state index in [-0.39, 0.29) is 12.0 Å². The van der Waals surface area contributed by atoms with Gasteiger partial charge in [0.15, 0.2) is 23.6 Å². The largest absolute Gasteiger partial charge is 0.486 e. The molecule has 3 rings (SSSR count). The molecule has 1 heterocycles. The summed E-state index contributed by atoms with van der Waals surface area (Å²) in [4.78, 5) is 25.2. The molecular weight excluding hydrogens is 346 g/mol. The standard InChI is InChI=1S/C20H23N3O4/c1-21-20(25)22-19(24)18(14-8-4-3-5-9-14)23(2)12-15-13-26-16-10-6-7-11-17(16)27-15/h3-11,15,18H,12-13H2,1-2H3,(H2,21,22,24,25)/p+1/t15-,18+/m1/s1. The maximum absolute atomic E-state index is 12.7. The van der Waals surface area contributed by atoms with Crippen molar-refractivity contribution < 1.29 is 24.0 Å². The van der Waals surface area contributed by atoms with E-state index < -0.39 is 12.1 Å². The van der Waals surface area contributed by atoms with Gasteiger partial charge in [-0.05, 0) is 12.1 Å². The van der Waals surface area contributed by atoms with Crippen LogP contribution in [0.5, 0.6) is 11.5 Å². The Morgan fingerprint density at radius 1 is 1.11 bits per heavy atom. The number of rotatable bonds is 5. The molecule has 3 N–H and O–H groups in total. The molecule has 0 aromatic heterocycles. The fourth-order valence-electron chi connectivity index (χ4n) is 3.19. The molecule has 7 heteroatoms. The molecule has 0 saturated heterocycles. The van der Waals surface area contributed by atoms with Crippen LogP contribution < -0.4 is 25.0 Å². The van der Waals surface area contributed by atoms with Crippen molar-refractivity contribution in [1.29, 1.82) is 0 Å². The normalized spacial score (nSPS) is 17.5. The van der Waals surface area contributed by atoms with Crippen LogP contribution in [0, 0.1) is 0 Å². The fraction of sp³-hybridized carbons (Fsp3) is 0.300. The Morgan fingerprint density at radius 3 is 2.48 bits per heavy atom. The molecule has 7 nitrogen and oxygen atoms in total. The van der Waals surface area contributed by atoms with Crippen LogP contribution in [-0.2, 0) is 4.79 Å². The van der Waals surface area contributed by atoms with Gasteiger partial charge in [0.2, 0.25) is 0 Å². The molecule has 0 fully saturated rings. The third kappa shape index (κ3) is 4.57. The lowest BCUT2D eigenvalue weighted by Gasteiger charge is -2.31. The van der Waals surface area contributed by atoms with Crippen LogP contribution in [0.3, 0.4) is 0 Å². The second-order valence-electron chi connectivity index (χ2n) is 6.46. The van der Waals surface area contributed by atoms with Gasteiger partial charge < -0.3 is 19.7 Å². The van der Waals surface area contributed by atoms with E-state index >= 15 is 0 Å². The highest BCUT2D eigenvalue weighted by Crippen LogP contribution is 2.30. The molecule has 0 aliphatic carbocycles. The molecule has 0 bridgehead atoms. The van der Waals surface area contributed by atoms with Gasteiger partial charge in [-0.3, -0.25) is 10.1 Å². The Morgan fingerprint density at radius 2 is 1.78 bits per heavy atom. The van der Waals surface area contributed by atoms with Crippen molar-refractivity contribution in [2.45, 2.75) is 12.1 Å². The quantitative estimate of drug-likeness (QED) is 0.718. The third-order valence-corrected chi connectivity index (χ3v) is 4.47. The summed E-state index contributed by atoms with van der Waals surface area (Å²) in [5, 5.41) is 4.79. The van der Waals surface area contributed by atoms with Crippen LogP contribution in [-0.4, -0.2) is 45.3 Å². The number of hydrogen-bond acceptors (Lipinski definition) is 4. The summed E-state index contributed by atoms with van der Waals surface area (Å²) in [6, 6.07) is 15.8. The second kappa shape index (κ2) is 8.55. The molecule has 3 atom stereocenters. The minimum Gasteiger partial charge on any atom is -0.486 e. The molecule has 1 unspecified atom stereocenters. The first-order chi connectivity index (χ1) is 13.1. The number of fused-ring (bicyclic) bond motifs is 1. The number of carbonyl (C=O) groups excluding carboxylic acids is 2. The zero-order valence-corrected chi connectivity index (χ0v) is 15.4. The summed E-state index contributed by atoms with van der Waals surface area (Å²) in [6.45, 7) is 0.946. The Labute approximate surface area is 158 Å². The lowest BCUT2D eigenvalue weighted by atomic mass is 10.0. The molecular formula is C20H24N3O4+. The Balaban J connectivity index is 1.74. The number of likely N-dealkylation sites (N-methyl/N-ethyl adjacent to an activating group) is 1. The summed E-state index contributed by atoms with van der Waals surface area (Å²) in [5.41, 5.74) is 0.827. The highest BCUT2D eigenvalue weighted by atomic mass is 16.6. The number of amides is 3. The van der Waals surface area contributed by atoms with E-state index in [2.05, 4.69) is 10.6 Å². The molecule has 3 amide bonds. The number of carbonyl (C=O) groups is 2. The predicted molar refractivity (Wildman–Crippen MR) is 99.9 cm³/mol. The summed E-state index contributed by atoms with van der Waals surface area (Å²) < 4.78 is 11.8. The van der Waals surface area contributed by atoms with Crippen LogP contribution in [0.15, 0.2) is 54.6 Å². The van der Waals surface area contributed by atoms with Gasteiger partial charge in [-0.2, -0.15) is 0 Å². The SMILES string of the molecule is CNC(=O)NC(=O)[C@H](c1ccccc1)[NH+](C)C[C@@H]1COc2ccccc2O1. The maximum Gasteiger partial charge on any atom is 0.321 e. The Bertz CT molecular complexity index is 797. The van der Waals surface area contributed by atoms with Crippen molar-refractivity contribution in [1.82, 2.24) is 10.6 Å². The number of nitrogens with one attached hydrogen (secondary N) is 3. The molecule has 27 heavy (non-hydrogen) atoms. The topological polar surface area (TPSA) is 81.1 Å². The van der Waals surface area contributed by atoms with E-state index in [9.17, 15) is 9.59 Å². The van der Waals surface area contributed by atoms with Crippen molar-refractivity contribution in [3.63, 3.8) is 0 Å². The Hall–Kier alpha value is -3.06. The van der Waals surface area contributed by atoms with Gasteiger partial charge in [-0.25, -0.2) is 4.79 Å². The van der Waals surface area contributed by atoms with Gasteiger partial charge in [-0.1, -0.05) is 42.5 Å². The van der Waals surface area contributed by atoms with E-state index in [1.807, 2.05) is 61.6 Å². The zero-order chi connectivity index (χ0) is 19.2. The molecule has 0 radical (unpaired) electrons. The van der Waals surface area contributed by atoms with Crippen LogP contribution in [0.4, 0.5) is 4.79 Å². The number of benzene rings is 2.